The molecule has 1 heterocycles. The minimum atomic E-state index is -0.962. The maximum Gasteiger partial charge on any atom is 0.0943 e. The van der Waals surface area contributed by atoms with Gasteiger partial charge < -0.3 is 9.84 Å². The van der Waals surface area contributed by atoms with Gasteiger partial charge in [-0.3, -0.25) is 0 Å². The van der Waals surface area contributed by atoms with Gasteiger partial charge in [0.25, 0.3) is 0 Å². The molecule has 4 nitrogen and oxygen atoms in total. The molecule has 5 heteroatoms. The highest BCUT2D eigenvalue weighted by molar-refractivity contribution is 7.81. The second kappa shape index (κ2) is 4.32. The zero-order valence-corrected chi connectivity index (χ0v) is 8.21. The van der Waals surface area contributed by atoms with Crippen molar-refractivity contribution in [2.75, 3.05) is 26.0 Å². The molecule has 1 aliphatic rings. The number of aliphatic hydroxyl groups is 1. The third-order valence-corrected chi connectivity index (χ3v) is 3.15. The van der Waals surface area contributed by atoms with E-state index in [1.165, 1.54) is 0 Å². The predicted octanol–water partition coefficient (Wildman–Crippen LogP) is -0.639. The van der Waals surface area contributed by atoms with E-state index in [4.69, 9.17) is 9.84 Å². The molecule has 1 fully saturated rings. The number of morpholine rings is 1. The smallest absolute Gasteiger partial charge is 0.0943 e. The molecule has 0 bridgehead atoms. The average molecular weight is 193 g/mol. The van der Waals surface area contributed by atoms with E-state index < -0.39 is 11.0 Å². The maximum absolute atomic E-state index is 11.2. The second-order valence-corrected chi connectivity index (χ2v) is 4.33. The Morgan fingerprint density at radius 1 is 1.75 bits per heavy atom. The Bertz CT molecular complexity index is 176. The van der Waals surface area contributed by atoms with E-state index in [1.54, 1.807) is 6.26 Å². The Morgan fingerprint density at radius 3 is 2.92 bits per heavy atom. The SMILES string of the molecule is CC1COC(CO)CN1S(C)=O. The Kier molecular flexibility index (Phi) is 3.64. The molecule has 3 unspecified atom stereocenters. The number of aliphatic hydroxyl groups excluding tert-OH is 1. The molecule has 3 atom stereocenters. The van der Waals surface area contributed by atoms with Crippen LogP contribution in [0.3, 0.4) is 0 Å². The normalized spacial score (nSPS) is 34.9. The molecule has 0 aromatic heterocycles. The number of hydrogen-bond acceptors (Lipinski definition) is 3. The first-order chi connectivity index (χ1) is 5.65. The Hall–Kier alpha value is 0.0300. The number of ether oxygens (including phenoxy) is 1. The van der Waals surface area contributed by atoms with Crippen LogP contribution in [0.15, 0.2) is 0 Å². The van der Waals surface area contributed by atoms with Gasteiger partial charge in [0.05, 0.1) is 30.3 Å². The van der Waals surface area contributed by atoms with Gasteiger partial charge in [-0.05, 0) is 6.92 Å². The summed E-state index contributed by atoms with van der Waals surface area (Å²) in [6.07, 6.45) is 1.47. The molecule has 1 N–H and O–H groups in total. The van der Waals surface area contributed by atoms with Gasteiger partial charge in [0.15, 0.2) is 0 Å². The van der Waals surface area contributed by atoms with E-state index in [0.29, 0.717) is 13.2 Å². The van der Waals surface area contributed by atoms with Crippen LogP contribution in [0.1, 0.15) is 6.92 Å². The molecule has 1 aliphatic heterocycles. The minimum Gasteiger partial charge on any atom is -0.394 e. The molecule has 0 aromatic rings. The standard InChI is InChI=1S/C7H15NO3S/c1-6-5-11-7(4-9)3-8(6)12(2)10/h6-7,9H,3-5H2,1-2H3. The summed E-state index contributed by atoms with van der Waals surface area (Å²) in [7, 11) is -0.962. The molecular weight excluding hydrogens is 178 g/mol. The molecule has 1 rings (SSSR count). The fourth-order valence-corrected chi connectivity index (χ4v) is 2.20. The van der Waals surface area contributed by atoms with Crippen molar-refractivity contribution >= 4 is 11.0 Å². The highest BCUT2D eigenvalue weighted by Gasteiger charge is 2.27. The van der Waals surface area contributed by atoms with Crippen LogP contribution in [-0.2, 0) is 15.7 Å². The van der Waals surface area contributed by atoms with Crippen LogP contribution in [0.25, 0.3) is 0 Å². The molecule has 72 valence electrons. The highest BCUT2D eigenvalue weighted by Crippen LogP contribution is 2.12. The van der Waals surface area contributed by atoms with Crippen molar-refractivity contribution in [3.63, 3.8) is 0 Å². The average Bonchev–Trinajstić information content (AvgIpc) is 2.05. The lowest BCUT2D eigenvalue weighted by Crippen LogP contribution is -2.49. The summed E-state index contributed by atoms with van der Waals surface area (Å²) in [5.74, 6) is 0. The first-order valence-electron chi connectivity index (χ1n) is 3.97. The van der Waals surface area contributed by atoms with Gasteiger partial charge in [-0.15, -0.1) is 0 Å². The second-order valence-electron chi connectivity index (χ2n) is 3.01. The van der Waals surface area contributed by atoms with Crippen LogP contribution in [0, 0.1) is 0 Å². The summed E-state index contributed by atoms with van der Waals surface area (Å²) >= 11 is 0. The maximum atomic E-state index is 11.2. The first-order valence-corrected chi connectivity index (χ1v) is 5.49. The van der Waals surface area contributed by atoms with E-state index in [9.17, 15) is 4.21 Å². The Morgan fingerprint density at radius 2 is 2.42 bits per heavy atom. The van der Waals surface area contributed by atoms with Crippen LogP contribution >= 0.6 is 0 Å². The van der Waals surface area contributed by atoms with Crippen LogP contribution < -0.4 is 0 Å². The Balaban J connectivity index is 2.53. The summed E-state index contributed by atoms with van der Waals surface area (Å²) in [6, 6.07) is 0.179. The van der Waals surface area contributed by atoms with Crippen molar-refractivity contribution in [3.05, 3.63) is 0 Å². The van der Waals surface area contributed by atoms with Crippen molar-refractivity contribution in [1.82, 2.24) is 4.31 Å². The van der Waals surface area contributed by atoms with Gasteiger partial charge in [-0.25, -0.2) is 8.51 Å². The number of rotatable bonds is 2. The summed E-state index contributed by atoms with van der Waals surface area (Å²) in [5.41, 5.74) is 0. The quantitative estimate of drug-likeness (QED) is 0.635. The largest absolute Gasteiger partial charge is 0.394 e. The highest BCUT2D eigenvalue weighted by atomic mass is 32.2. The van der Waals surface area contributed by atoms with Crippen molar-refractivity contribution in [2.45, 2.75) is 19.1 Å². The van der Waals surface area contributed by atoms with Gasteiger partial charge in [0, 0.05) is 18.8 Å². The van der Waals surface area contributed by atoms with E-state index in [2.05, 4.69) is 0 Å². The zero-order valence-electron chi connectivity index (χ0n) is 7.40. The van der Waals surface area contributed by atoms with Gasteiger partial charge in [0.2, 0.25) is 0 Å². The summed E-state index contributed by atoms with van der Waals surface area (Å²) in [4.78, 5) is 0. The molecule has 0 radical (unpaired) electrons. The molecule has 0 spiro atoms. The molecule has 0 amide bonds. The summed E-state index contributed by atoms with van der Waals surface area (Å²) < 4.78 is 18.3. The molecular formula is C7H15NO3S. The third-order valence-electron chi connectivity index (χ3n) is 1.98. The van der Waals surface area contributed by atoms with E-state index >= 15 is 0 Å². The molecule has 0 aromatic carbocycles. The number of hydrogen-bond donors (Lipinski definition) is 1. The van der Waals surface area contributed by atoms with Crippen molar-refractivity contribution in [1.29, 1.82) is 0 Å². The third kappa shape index (κ3) is 2.26. The van der Waals surface area contributed by atoms with Crippen molar-refractivity contribution in [2.24, 2.45) is 0 Å². The molecule has 0 saturated carbocycles. The fourth-order valence-electron chi connectivity index (χ4n) is 1.26. The first kappa shape index (κ1) is 10.1. The van der Waals surface area contributed by atoms with Crippen LogP contribution in [-0.4, -0.2) is 51.8 Å². The topological polar surface area (TPSA) is 49.8 Å². The van der Waals surface area contributed by atoms with Gasteiger partial charge in [-0.2, -0.15) is 0 Å². The van der Waals surface area contributed by atoms with Crippen molar-refractivity contribution in [3.8, 4) is 0 Å². The lowest BCUT2D eigenvalue weighted by atomic mass is 10.2. The van der Waals surface area contributed by atoms with Crippen molar-refractivity contribution < 1.29 is 14.1 Å². The summed E-state index contributed by atoms with van der Waals surface area (Å²) in [5, 5.41) is 8.83. The molecule has 12 heavy (non-hydrogen) atoms. The van der Waals surface area contributed by atoms with Crippen LogP contribution in [0.5, 0.6) is 0 Å². The fraction of sp³-hybridized carbons (Fsp3) is 1.00. The molecule has 0 aliphatic carbocycles. The van der Waals surface area contributed by atoms with E-state index in [-0.39, 0.29) is 18.8 Å². The lowest BCUT2D eigenvalue weighted by molar-refractivity contribution is -0.0501. The van der Waals surface area contributed by atoms with Crippen LogP contribution in [0.2, 0.25) is 0 Å². The van der Waals surface area contributed by atoms with Crippen LogP contribution in [0.4, 0.5) is 0 Å². The van der Waals surface area contributed by atoms with Gasteiger partial charge >= 0.3 is 0 Å². The van der Waals surface area contributed by atoms with E-state index in [0.717, 1.165) is 0 Å². The number of nitrogens with zero attached hydrogens (tertiary/aromatic N) is 1. The predicted molar refractivity (Wildman–Crippen MR) is 47.1 cm³/mol. The molecule has 1 saturated heterocycles. The minimum absolute atomic E-state index is 0.000417. The lowest BCUT2D eigenvalue weighted by Gasteiger charge is -2.35. The van der Waals surface area contributed by atoms with Gasteiger partial charge in [-0.1, -0.05) is 0 Å². The van der Waals surface area contributed by atoms with Gasteiger partial charge in [0.1, 0.15) is 0 Å². The zero-order chi connectivity index (χ0) is 9.14. The summed E-state index contributed by atoms with van der Waals surface area (Å²) in [6.45, 7) is 3.07. The van der Waals surface area contributed by atoms with E-state index in [1.807, 2.05) is 11.2 Å². The monoisotopic (exact) mass is 193 g/mol. The Labute approximate surface area is 75.1 Å².